The van der Waals surface area contributed by atoms with Gasteiger partial charge in [0.1, 0.15) is 6.54 Å². The number of aromatic nitrogens is 1. The molecule has 0 aliphatic carbocycles. The largest absolute Gasteiger partial charge is 0.212 e. The van der Waals surface area contributed by atoms with Crippen LogP contribution >= 0.6 is 0 Å². The summed E-state index contributed by atoms with van der Waals surface area (Å²) in [5.74, 6) is 0. The molecule has 2 heteroatoms. The average molecular weight is 584 g/mol. The van der Waals surface area contributed by atoms with E-state index in [4.69, 9.17) is 0 Å². The van der Waals surface area contributed by atoms with Crippen LogP contribution in [0.4, 0.5) is 0 Å². The van der Waals surface area contributed by atoms with Crippen LogP contribution in [0.15, 0.2) is 115 Å². The first-order valence-corrected chi connectivity index (χ1v) is 17.2. The Balaban J connectivity index is 0.000000262. The molecule has 4 aromatic carbocycles. The van der Waals surface area contributed by atoms with E-state index < -0.39 is 6.15 Å². The van der Waals surface area contributed by atoms with E-state index in [1.807, 2.05) is 0 Å². The van der Waals surface area contributed by atoms with Gasteiger partial charge in [-0.3, -0.25) is 0 Å². The van der Waals surface area contributed by atoms with Crippen molar-refractivity contribution in [1.82, 2.24) is 0 Å². The van der Waals surface area contributed by atoms with E-state index in [-0.39, 0.29) is 0 Å². The molecule has 0 amide bonds. The van der Waals surface area contributed by atoms with Gasteiger partial charge in [0.05, 0.1) is 6.15 Å². The van der Waals surface area contributed by atoms with Crippen LogP contribution in [0.5, 0.6) is 0 Å². The van der Waals surface area contributed by atoms with Crippen molar-refractivity contribution in [2.24, 2.45) is 0 Å². The third-order valence-electron chi connectivity index (χ3n) is 9.47. The summed E-state index contributed by atoms with van der Waals surface area (Å²) < 4.78 is 2.33. The summed E-state index contributed by atoms with van der Waals surface area (Å²) in [6.07, 6.45) is 12.9. The van der Waals surface area contributed by atoms with Crippen molar-refractivity contribution >= 4 is 33.4 Å². The van der Waals surface area contributed by atoms with E-state index in [1.165, 1.54) is 102 Å². The van der Waals surface area contributed by atoms with E-state index in [1.54, 1.807) is 0 Å². The first-order valence-electron chi connectivity index (χ1n) is 17.2. The molecule has 0 aliphatic rings. The summed E-state index contributed by atoms with van der Waals surface area (Å²) in [4.78, 5) is 0. The zero-order chi connectivity index (χ0) is 31.2. The lowest BCUT2D eigenvalue weighted by molar-refractivity contribution is -0.671. The van der Waals surface area contributed by atoms with Gasteiger partial charge in [-0.2, -0.15) is 27.3 Å². The highest BCUT2D eigenvalue weighted by molar-refractivity contribution is 7.11. The van der Waals surface area contributed by atoms with Gasteiger partial charge in [-0.15, -0.1) is 0 Å². The summed E-state index contributed by atoms with van der Waals surface area (Å²) in [5.41, 5.74) is 9.75. The van der Waals surface area contributed by atoms with E-state index in [0.717, 1.165) is 6.54 Å². The van der Waals surface area contributed by atoms with E-state index in [2.05, 4.69) is 155 Å². The summed E-state index contributed by atoms with van der Waals surface area (Å²) in [6.45, 7) is 12.2. The minimum absolute atomic E-state index is 0.981. The van der Waals surface area contributed by atoms with Gasteiger partial charge in [0.2, 0.25) is 5.52 Å². The summed E-state index contributed by atoms with van der Waals surface area (Å²) >= 11 is 0. The van der Waals surface area contributed by atoms with Crippen molar-refractivity contribution in [3.8, 4) is 0 Å². The fourth-order valence-electron chi connectivity index (χ4n) is 6.74. The molecule has 0 bridgehead atoms. The zero-order valence-electron chi connectivity index (χ0n) is 28.1. The minimum atomic E-state index is -0.981. The van der Waals surface area contributed by atoms with Crippen molar-refractivity contribution in [1.29, 1.82) is 0 Å². The second kappa shape index (κ2) is 17.0. The lowest BCUT2D eigenvalue weighted by Crippen LogP contribution is -2.67. The fraction of sp³-hybridized carbons (Fsp3) is 0.357. The number of benzene rings is 4. The third-order valence-corrected chi connectivity index (χ3v) is 9.47. The predicted molar refractivity (Wildman–Crippen MR) is 195 cm³/mol. The molecule has 0 N–H and O–H groups in total. The van der Waals surface area contributed by atoms with Crippen LogP contribution < -0.4 is 21.0 Å². The lowest BCUT2D eigenvalue weighted by Gasteiger charge is -2.43. The molecule has 0 spiro atoms. The number of aryl methyl sites for hydroxylation is 4. The van der Waals surface area contributed by atoms with Gasteiger partial charge in [-0.05, 0) is 32.9 Å². The average Bonchev–Trinajstić information content (AvgIpc) is 3.05. The van der Waals surface area contributed by atoms with Gasteiger partial charge in [0, 0.05) is 23.9 Å². The highest BCUT2D eigenvalue weighted by Crippen LogP contribution is 2.19. The second-order valence-electron chi connectivity index (χ2n) is 12.9. The van der Waals surface area contributed by atoms with Crippen molar-refractivity contribution in [2.45, 2.75) is 98.9 Å². The van der Waals surface area contributed by atoms with Crippen LogP contribution in [0.1, 0.15) is 81.9 Å². The maximum atomic E-state index is 2.38. The summed E-state index contributed by atoms with van der Waals surface area (Å²) in [6, 6.07) is 40.8. The summed E-state index contributed by atoms with van der Waals surface area (Å²) in [5, 5.41) is 1.33. The highest BCUT2D eigenvalue weighted by atomic mass is 14.9. The molecule has 44 heavy (non-hydrogen) atoms. The maximum absolute atomic E-state index is 2.38. The number of nitrogens with zero attached hydrogens (tertiary/aromatic N) is 1. The molecule has 0 unspecified atom stereocenters. The standard InChI is InChI=1S/C29H38B.C13H16N/c1-5-6-7-8-9-10-23-30(27-17-11-24(2)12-18-27,28-19-13-25(3)14-20-28)29-21-15-26(4)16-22-29;1-2-3-10-14-11-6-8-12-7-4-5-9-13(12)14/h11-22H,5-10,23H2,1-4H3;4-9,11H,2-3,10H2,1H3/q-1;+1. The minimum Gasteiger partial charge on any atom is -0.200 e. The number of unbranched alkanes of at least 4 members (excludes halogenated alkanes) is 6. The molecule has 0 aliphatic heterocycles. The molecule has 0 atom stereocenters. The van der Waals surface area contributed by atoms with Gasteiger partial charge in [-0.1, -0.05) is 160 Å². The van der Waals surface area contributed by atoms with Crippen LogP contribution in [0.3, 0.4) is 0 Å². The molecule has 5 rings (SSSR count). The Morgan fingerprint density at radius 1 is 0.477 bits per heavy atom. The zero-order valence-corrected chi connectivity index (χ0v) is 28.1. The maximum Gasteiger partial charge on any atom is 0.212 e. The van der Waals surface area contributed by atoms with Crippen molar-refractivity contribution < 1.29 is 4.57 Å². The monoisotopic (exact) mass is 583 g/mol. The molecule has 0 radical (unpaired) electrons. The molecule has 5 aromatic rings. The first-order chi connectivity index (χ1) is 21.5. The van der Waals surface area contributed by atoms with Crippen LogP contribution in [-0.4, -0.2) is 6.15 Å². The molecular weight excluding hydrogens is 529 g/mol. The number of hydrogen-bond acceptors (Lipinski definition) is 0. The predicted octanol–water partition coefficient (Wildman–Crippen LogP) is 9.37. The Hall–Kier alpha value is -3.65. The lowest BCUT2D eigenvalue weighted by atomic mass is 9.14. The van der Waals surface area contributed by atoms with Gasteiger partial charge >= 0.3 is 0 Å². The van der Waals surface area contributed by atoms with Crippen LogP contribution in [0.2, 0.25) is 6.32 Å². The molecule has 1 aromatic heterocycles. The van der Waals surface area contributed by atoms with E-state index >= 15 is 0 Å². The molecule has 0 fully saturated rings. The van der Waals surface area contributed by atoms with E-state index in [0.29, 0.717) is 0 Å². The quantitative estimate of drug-likeness (QED) is 0.0739. The number of fused-ring (bicyclic) bond motifs is 1. The number of hydrogen-bond donors (Lipinski definition) is 0. The third kappa shape index (κ3) is 8.72. The van der Waals surface area contributed by atoms with E-state index in [9.17, 15) is 0 Å². The van der Waals surface area contributed by atoms with Crippen LogP contribution in [0.25, 0.3) is 10.9 Å². The molecule has 0 saturated carbocycles. The normalized spacial score (nSPS) is 11.3. The summed E-state index contributed by atoms with van der Waals surface area (Å²) in [7, 11) is 0. The Morgan fingerprint density at radius 3 is 1.45 bits per heavy atom. The molecule has 1 nitrogen and oxygen atoms in total. The fourth-order valence-corrected chi connectivity index (χ4v) is 6.74. The molecule has 0 saturated heterocycles. The van der Waals surface area contributed by atoms with Gasteiger partial charge in [0.25, 0.3) is 0 Å². The van der Waals surface area contributed by atoms with Crippen molar-refractivity contribution in [2.75, 3.05) is 0 Å². The molecule has 230 valence electrons. The van der Waals surface area contributed by atoms with Gasteiger partial charge in [0.15, 0.2) is 6.20 Å². The second-order valence-corrected chi connectivity index (χ2v) is 12.9. The van der Waals surface area contributed by atoms with Gasteiger partial charge < -0.3 is 0 Å². The Morgan fingerprint density at radius 2 is 0.932 bits per heavy atom. The van der Waals surface area contributed by atoms with Gasteiger partial charge in [-0.25, -0.2) is 0 Å². The number of para-hydroxylation sites is 1. The first kappa shape index (κ1) is 33.3. The van der Waals surface area contributed by atoms with Crippen molar-refractivity contribution in [3.63, 3.8) is 0 Å². The molecule has 1 heterocycles. The Kier molecular flexibility index (Phi) is 12.8. The molecular formula is C42H54BN. The number of pyridine rings is 1. The SMILES string of the molecule is CCCCCCCC[B-](c1ccc(C)cc1)(c1ccc(C)cc1)c1ccc(C)cc1.CCCC[n+]1cccc2ccccc21. The Bertz CT molecular complexity index is 1420. The smallest absolute Gasteiger partial charge is 0.200 e. The van der Waals surface area contributed by atoms with Crippen molar-refractivity contribution in [3.05, 3.63) is 132 Å². The highest BCUT2D eigenvalue weighted by Gasteiger charge is 2.29. The van der Waals surface area contributed by atoms with Crippen LogP contribution in [0, 0.1) is 20.8 Å². The topological polar surface area (TPSA) is 3.88 Å². The van der Waals surface area contributed by atoms with Crippen LogP contribution in [-0.2, 0) is 6.54 Å². The number of rotatable bonds is 13. The Labute approximate surface area is 268 Å².